The average molecular weight is 483 g/mol. The quantitative estimate of drug-likeness (QED) is 0.196. The largest absolute Gasteiger partial charge is 0.291 e. The highest BCUT2D eigenvalue weighted by Crippen LogP contribution is 2.27. The fourth-order valence-electron chi connectivity index (χ4n) is 3.75. The molecule has 0 spiro atoms. The van der Waals surface area contributed by atoms with Crippen molar-refractivity contribution in [1.29, 1.82) is 0 Å². The standard InChI is InChI=1S/C26H19BrN4O/c27-21-11-9-18(10-12-21)17-31-14-13-25(30-31)26(32)29-28-16-24-22-7-3-1-5-19(22)15-20-6-2-4-8-23(20)24/h1-16H,17H2,(H,29,32)/b28-16+. The molecule has 1 N–H and O–H groups in total. The number of hydrogen-bond donors (Lipinski definition) is 1. The van der Waals surface area contributed by atoms with E-state index in [4.69, 9.17) is 0 Å². The van der Waals surface area contributed by atoms with Crippen molar-refractivity contribution in [2.24, 2.45) is 5.10 Å². The van der Waals surface area contributed by atoms with Gasteiger partial charge in [-0.1, -0.05) is 76.6 Å². The van der Waals surface area contributed by atoms with Crippen LogP contribution >= 0.6 is 15.9 Å². The molecule has 1 amide bonds. The molecule has 32 heavy (non-hydrogen) atoms. The van der Waals surface area contributed by atoms with E-state index in [2.05, 4.69) is 61.9 Å². The van der Waals surface area contributed by atoms with Crippen LogP contribution in [0.2, 0.25) is 0 Å². The van der Waals surface area contributed by atoms with Crippen LogP contribution in [0.1, 0.15) is 21.6 Å². The number of nitrogens with one attached hydrogen (secondary N) is 1. The van der Waals surface area contributed by atoms with Gasteiger partial charge < -0.3 is 0 Å². The number of carbonyl (C=O) groups is 1. The van der Waals surface area contributed by atoms with Gasteiger partial charge in [-0.05, 0) is 51.4 Å². The molecule has 0 saturated heterocycles. The van der Waals surface area contributed by atoms with Crippen LogP contribution in [-0.2, 0) is 6.54 Å². The summed E-state index contributed by atoms with van der Waals surface area (Å²) in [6.45, 7) is 0.589. The van der Waals surface area contributed by atoms with Crippen LogP contribution < -0.4 is 5.43 Å². The minimum absolute atomic E-state index is 0.321. The molecule has 0 fully saturated rings. The van der Waals surface area contributed by atoms with Crippen LogP contribution in [0.25, 0.3) is 21.5 Å². The summed E-state index contributed by atoms with van der Waals surface area (Å²) in [6, 6.07) is 28.2. The zero-order chi connectivity index (χ0) is 21.9. The number of fused-ring (bicyclic) bond motifs is 2. The van der Waals surface area contributed by atoms with Crippen molar-refractivity contribution in [3.63, 3.8) is 0 Å². The van der Waals surface area contributed by atoms with E-state index in [1.54, 1.807) is 23.2 Å². The Bertz CT molecular complexity index is 1400. The molecule has 5 aromatic rings. The molecule has 5 rings (SSSR count). The summed E-state index contributed by atoms with van der Waals surface area (Å²) in [6.07, 6.45) is 3.50. The van der Waals surface area contributed by atoms with Gasteiger partial charge in [0, 0.05) is 16.2 Å². The lowest BCUT2D eigenvalue weighted by molar-refractivity contribution is 0.0949. The Balaban J connectivity index is 1.35. The predicted octanol–water partition coefficient (Wildman–Crippen LogP) is 5.76. The van der Waals surface area contributed by atoms with Gasteiger partial charge in [-0.2, -0.15) is 10.2 Å². The third-order valence-corrected chi connectivity index (χ3v) is 5.83. The van der Waals surface area contributed by atoms with Gasteiger partial charge in [0.05, 0.1) is 12.8 Å². The smallest absolute Gasteiger partial charge is 0.268 e. The molecule has 0 aliphatic rings. The summed E-state index contributed by atoms with van der Waals surface area (Å²) in [4.78, 5) is 12.6. The van der Waals surface area contributed by atoms with Gasteiger partial charge in [0.25, 0.3) is 5.91 Å². The Labute approximate surface area is 193 Å². The lowest BCUT2D eigenvalue weighted by atomic mass is 9.97. The van der Waals surface area contributed by atoms with Gasteiger partial charge in [0.2, 0.25) is 0 Å². The number of hydrogen-bond acceptors (Lipinski definition) is 3. The van der Waals surface area contributed by atoms with Crippen molar-refractivity contribution < 1.29 is 4.79 Å². The monoisotopic (exact) mass is 482 g/mol. The van der Waals surface area contributed by atoms with E-state index in [1.807, 2.05) is 48.5 Å². The molecule has 0 aliphatic heterocycles. The van der Waals surface area contributed by atoms with Crippen LogP contribution in [0.4, 0.5) is 0 Å². The summed E-state index contributed by atoms with van der Waals surface area (Å²) in [5, 5.41) is 13.0. The van der Waals surface area contributed by atoms with Gasteiger partial charge in [-0.3, -0.25) is 9.48 Å². The molecule has 4 aromatic carbocycles. The van der Waals surface area contributed by atoms with Crippen molar-refractivity contribution in [1.82, 2.24) is 15.2 Å². The Morgan fingerprint density at radius 1 is 0.938 bits per heavy atom. The maximum absolute atomic E-state index is 12.6. The number of aromatic nitrogens is 2. The van der Waals surface area contributed by atoms with Gasteiger partial charge in [-0.15, -0.1) is 0 Å². The first-order valence-corrected chi connectivity index (χ1v) is 11.0. The highest BCUT2D eigenvalue weighted by molar-refractivity contribution is 9.10. The van der Waals surface area contributed by atoms with Crippen molar-refractivity contribution in [2.75, 3.05) is 0 Å². The summed E-state index contributed by atoms with van der Waals surface area (Å²) >= 11 is 3.43. The molecular formula is C26H19BrN4O. The molecular weight excluding hydrogens is 464 g/mol. The van der Waals surface area contributed by atoms with E-state index in [1.165, 1.54) is 0 Å². The number of hydrazone groups is 1. The first-order valence-electron chi connectivity index (χ1n) is 10.2. The first kappa shape index (κ1) is 20.2. The molecule has 1 heterocycles. The highest BCUT2D eigenvalue weighted by atomic mass is 79.9. The van der Waals surface area contributed by atoms with Gasteiger partial charge >= 0.3 is 0 Å². The fraction of sp³-hybridized carbons (Fsp3) is 0.0385. The summed E-state index contributed by atoms with van der Waals surface area (Å²) in [5.74, 6) is -0.347. The number of amides is 1. The lowest BCUT2D eigenvalue weighted by Gasteiger charge is -2.07. The van der Waals surface area contributed by atoms with Crippen molar-refractivity contribution >= 4 is 49.6 Å². The molecule has 0 radical (unpaired) electrons. The van der Waals surface area contributed by atoms with Gasteiger partial charge in [0.15, 0.2) is 5.69 Å². The van der Waals surface area contributed by atoms with Crippen molar-refractivity contribution in [3.05, 3.63) is 112 Å². The molecule has 5 nitrogen and oxygen atoms in total. The summed E-state index contributed by atoms with van der Waals surface area (Å²) < 4.78 is 2.76. The second-order valence-electron chi connectivity index (χ2n) is 7.46. The van der Waals surface area contributed by atoms with Crippen LogP contribution in [0.5, 0.6) is 0 Å². The molecule has 156 valence electrons. The molecule has 0 unspecified atom stereocenters. The Hall–Kier alpha value is -3.77. The molecule has 1 aromatic heterocycles. The fourth-order valence-corrected chi connectivity index (χ4v) is 4.01. The number of carbonyl (C=O) groups excluding carboxylic acids is 1. The number of nitrogens with zero attached hydrogens (tertiary/aromatic N) is 3. The van der Waals surface area contributed by atoms with Gasteiger partial charge in [0.1, 0.15) is 0 Å². The number of halogens is 1. The van der Waals surface area contributed by atoms with Crippen molar-refractivity contribution in [3.8, 4) is 0 Å². The number of benzene rings is 4. The van der Waals surface area contributed by atoms with E-state index in [-0.39, 0.29) is 5.91 Å². The van der Waals surface area contributed by atoms with E-state index in [0.29, 0.717) is 12.2 Å². The predicted molar refractivity (Wildman–Crippen MR) is 132 cm³/mol. The topological polar surface area (TPSA) is 59.3 Å². The molecule has 0 bridgehead atoms. The molecule has 0 aliphatic carbocycles. The van der Waals surface area contributed by atoms with E-state index < -0.39 is 0 Å². The minimum atomic E-state index is -0.347. The second kappa shape index (κ2) is 8.77. The zero-order valence-electron chi connectivity index (χ0n) is 17.1. The lowest BCUT2D eigenvalue weighted by Crippen LogP contribution is -2.18. The number of rotatable bonds is 5. The summed E-state index contributed by atoms with van der Waals surface area (Å²) in [5.41, 5.74) is 5.00. The SMILES string of the molecule is O=C(N/N=C/c1c2ccccc2cc2ccccc12)c1ccn(Cc2ccc(Br)cc2)n1. The van der Waals surface area contributed by atoms with Crippen molar-refractivity contribution in [2.45, 2.75) is 6.54 Å². The average Bonchev–Trinajstić information content (AvgIpc) is 3.28. The highest BCUT2D eigenvalue weighted by Gasteiger charge is 2.10. The third kappa shape index (κ3) is 4.18. The van der Waals surface area contributed by atoms with Crippen LogP contribution in [0.15, 0.2) is 101 Å². The molecule has 0 saturated carbocycles. The minimum Gasteiger partial charge on any atom is -0.268 e. The molecule has 0 atom stereocenters. The molecule has 6 heteroatoms. The van der Waals surface area contributed by atoms with Gasteiger partial charge in [-0.25, -0.2) is 5.43 Å². The summed E-state index contributed by atoms with van der Waals surface area (Å²) in [7, 11) is 0. The Kier molecular flexibility index (Phi) is 5.52. The third-order valence-electron chi connectivity index (χ3n) is 5.30. The van der Waals surface area contributed by atoms with E-state index >= 15 is 0 Å². The van der Waals surface area contributed by atoms with E-state index in [0.717, 1.165) is 37.1 Å². The maximum atomic E-state index is 12.6. The Morgan fingerprint density at radius 3 is 2.28 bits per heavy atom. The van der Waals surface area contributed by atoms with E-state index in [9.17, 15) is 4.79 Å². The maximum Gasteiger partial charge on any atom is 0.291 e. The van der Waals surface area contributed by atoms with Crippen LogP contribution in [-0.4, -0.2) is 21.9 Å². The first-order chi connectivity index (χ1) is 15.7. The van der Waals surface area contributed by atoms with Crippen LogP contribution in [0, 0.1) is 0 Å². The zero-order valence-corrected chi connectivity index (χ0v) is 18.7. The second-order valence-corrected chi connectivity index (χ2v) is 8.37. The van der Waals surface area contributed by atoms with Crippen LogP contribution in [0.3, 0.4) is 0 Å². The normalized spacial score (nSPS) is 11.4. The Morgan fingerprint density at radius 2 is 1.59 bits per heavy atom.